The molecule has 0 aromatic heterocycles. The van der Waals surface area contributed by atoms with Crippen LogP contribution in [-0.2, 0) is 0 Å². The van der Waals surface area contributed by atoms with Crippen molar-refractivity contribution in [1.82, 2.24) is 0 Å². The first-order valence-electron chi connectivity index (χ1n) is 3.00. The van der Waals surface area contributed by atoms with Crippen LogP contribution in [0.1, 0.15) is 0 Å². The summed E-state index contributed by atoms with van der Waals surface area (Å²) in [6.45, 7) is 0. The normalized spacial score (nSPS) is 7.20. The molecule has 0 amide bonds. The summed E-state index contributed by atoms with van der Waals surface area (Å²) in [5.41, 5.74) is 0. The molecule has 0 aromatic rings. The van der Waals surface area contributed by atoms with Crippen LogP contribution in [0.5, 0.6) is 0 Å². The second-order valence-electron chi connectivity index (χ2n) is 3.00. The molecule has 0 fully saturated rings. The molecule has 0 aliphatic rings. The third kappa shape index (κ3) is 3490. The molecule has 0 saturated carbocycles. The molecule has 0 aromatic carbocycles. The van der Waals surface area contributed by atoms with Crippen LogP contribution in [0.15, 0.2) is 0 Å². The van der Waals surface area contributed by atoms with Crippen molar-refractivity contribution in [2.24, 2.45) is 0 Å². The van der Waals surface area contributed by atoms with Crippen LogP contribution in [0, 0.1) is 0 Å². The lowest BCUT2D eigenvalue weighted by molar-refractivity contribution is -0.836. The zero-order valence-electron chi connectivity index (χ0n) is 7.83. The molecule has 0 bridgehead atoms. The maximum Gasteiger partial charge on any atom is 0.0661 e. The van der Waals surface area contributed by atoms with Gasteiger partial charge in [-0.25, -0.2) is 0 Å². The van der Waals surface area contributed by atoms with Gasteiger partial charge in [-0.1, -0.05) is 0 Å². The average molecular weight is 217 g/mol. The highest BCUT2D eigenvalue weighted by molar-refractivity contribution is 3.59. The molecule has 0 aliphatic carbocycles. The van der Waals surface area contributed by atoms with Crippen molar-refractivity contribution in [3.05, 3.63) is 0 Å². The molecule has 0 heterocycles. The lowest BCUT2D eigenvalue weighted by Crippen LogP contribution is -3.02. The van der Waals surface area contributed by atoms with E-state index in [1.165, 1.54) is 9.80 Å². The van der Waals surface area contributed by atoms with Crippen molar-refractivity contribution in [1.29, 1.82) is 0 Å². The summed E-state index contributed by atoms with van der Waals surface area (Å²) < 4.78 is 0. The van der Waals surface area contributed by atoms with Crippen LogP contribution in [0.2, 0.25) is 0 Å². The van der Waals surface area contributed by atoms with Gasteiger partial charge in [-0.05, 0) is 0 Å². The summed E-state index contributed by atoms with van der Waals surface area (Å²) in [5.74, 6) is 0. The molecule has 0 radical (unpaired) electrons. The molecule has 0 atom stereocenters. The standard InChI is InChI=1S/2C3H9N.BrH.H2O/c2*1-4(2)3;;/h2*1-3H3;1H;1H2. The molecule has 3 nitrogen and oxygen atoms in total. The minimum atomic E-state index is 0. The van der Waals surface area contributed by atoms with Gasteiger partial charge in [0.1, 0.15) is 0 Å². The fourth-order valence-corrected chi connectivity index (χ4v) is 0. The third-order valence-corrected chi connectivity index (χ3v) is 0. The van der Waals surface area contributed by atoms with Gasteiger partial charge in [0.05, 0.1) is 42.3 Å². The van der Waals surface area contributed by atoms with Crippen LogP contribution >= 0.6 is 0 Å². The second-order valence-corrected chi connectivity index (χ2v) is 3.00. The zero-order valence-corrected chi connectivity index (χ0v) is 9.41. The Balaban J connectivity index is -0.0000000300. The van der Waals surface area contributed by atoms with Gasteiger partial charge in [0.25, 0.3) is 0 Å². The molecule has 4 heteroatoms. The van der Waals surface area contributed by atoms with Crippen LogP contribution in [0.4, 0.5) is 0 Å². The highest BCUT2D eigenvalue weighted by Crippen LogP contribution is 0.868. The minimum Gasteiger partial charge on any atom is -1.00 e. The number of halogens is 1. The Morgan fingerprint density at radius 2 is 0.600 bits per heavy atom. The monoisotopic (exact) mass is 216 g/mol. The third-order valence-electron chi connectivity index (χ3n) is 0. The molecular weight excluding hydrogens is 196 g/mol. The van der Waals surface area contributed by atoms with E-state index < -0.39 is 0 Å². The lowest BCUT2D eigenvalue weighted by atomic mass is 11.0. The summed E-state index contributed by atoms with van der Waals surface area (Å²) in [6, 6.07) is 0. The van der Waals surface area contributed by atoms with Crippen molar-refractivity contribution in [3.8, 4) is 0 Å². The van der Waals surface area contributed by atoms with Gasteiger partial charge in [0.15, 0.2) is 0 Å². The van der Waals surface area contributed by atoms with Gasteiger partial charge in [0.2, 0.25) is 0 Å². The molecule has 0 rings (SSSR count). The van der Waals surface area contributed by atoms with Gasteiger partial charge in [0, 0.05) is 0 Å². The predicted octanol–water partition coefficient (Wildman–Crippen LogP) is -5.65. The Kier molecular flexibility index (Phi) is 36.3. The molecule has 68 valence electrons. The summed E-state index contributed by atoms with van der Waals surface area (Å²) in [7, 11) is 12.5. The van der Waals surface area contributed by atoms with Crippen molar-refractivity contribution in [2.75, 3.05) is 42.3 Å². The number of hydrogen-bond acceptors (Lipinski definition) is 1. The van der Waals surface area contributed by atoms with Gasteiger partial charge < -0.3 is 32.3 Å². The number of hydrogen-bond donors (Lipinski definition) is 2. The first-order valence-corrected chi connectivity index (χ1v) is 3.00. The highest BCUT2D eigenvalue weighted by atomic mass is 79.9. The number of rotatable bonds is 0. The molecule has 10 heavy (non-hydrogen) atoms. The molecule has 0 aliphatic heterocycles. The second kappa shape index (κ2) is 16.2. The SMILES string of the molecule is C[NH+](C)C.C[NH+](C)C.[Br-].[OH-]. The van der Waals surface area contributed by atoms with Gasteiger partial charge >= 0.3 is 0 Å². The molecule has 0 unspecified atom stereocenters. The van der Waals surface area contributed by atoms with Crippen LogP contribution in [0.25, 0.3) is 0 Å². The van der Waals surface area contributed by atoms with Gasteiger partial charge in [-0.3, -0.25) is 0 Å². The average Bonchev–Trinajstić information content (AvgIpc) is 1.25. The Morgan fingerprint density at radius 1 is 0.600 bits per heavy atom. The summed E-state index contributed by atoms with van der Waals surface area (Å²) in [5, 5.41) is 0. The van der Waals surface area contributed by atoms with Crippen LogP contribution < -0.4 is 26.8 Å². The minimum absolute atomic E-state index is 0. The Labute approximate surface area is 75.1 Å². The van der Waals surface area contributed by atoms with E-state index >= 15 is 0 Å². The zero-order chi connectivity index (χ0) is 7.15. The van der Waals surface area contributed by atoms with E-state index in [-0.39, 0.29) is 22.5 Å². The van der Waals surface area contributed by atoms with Gasteiger partial charge in [-0.2, -0.15) is 0 Å². The van der Waals surface area contributed by atoms with Crippen molar-refractivity contribution in [2.45, 2.75) is 0 Å². The first kappa shape index (κ1) is 22.4. The maximum atomic E-state index is 2.08. The quantitative estimate of drug-likeness (QED) is 0.417. The van der Waals surface area contributed by atoms with Gasteiger partial charge in [-0.15, -0.1) is 0 Å². The van der Waals surface area contributed by atoms with E-state index in [1.807, 2.05) is 0 Å². The van der Waals surface area contributed by atoms with E-state index in [4.69, 9.17) is 0 Å². The van der Waals surface area contributed by atoms with E-state index in [0.717, 1.165) is 0 Å². The molecule has 0 saturated heterocycles. The summed E-state index contributed by atoms with van der Waals surface area (Å²) in [4.78, 5) is 2.83. The van der Waals surface area contributed by atoms with E-state index in [0.29, 0.717) is 0 Å². The summed E-state index contributed by atoms with van der Waals surface area (Å²) in [6.07, 6.45) is 0. The molecule has 3 N–H and O–H groups in total. The van der Waals surface area contributed by atoms with Crippen molar-refractivity contribution < 1.29 is 32.3 Å². The fraction of sp³-hybridized carbons (Fsp3) is 1.00. The van der Waals surface area contributed by atoms with Crippen molar-refractivity contribution >= 4 is 0 Å². The Bertz CT molecular complexity index is 31.2. The van der Waals surface area contributed by atoms with E-state index in [1.54, 1.807) is 0 Å². The highest BCUT2D eigenvalue weighted by Gasteiger charge is 1.61. The smallest absolute Gasteiger partial charge is 0.0661 e. The van der Waals surface area contributed by atoms with Crippen LogP contribution in [-0.4, -0.2) is 47.8 Å². The summed E-state index contributed by atoms with van der Waals surface area (Å²) >= 11 is 0. The predicted molar refractivity (Wildman–Crippen MR) is 39.4 cm³/mol. The Hall–Kier alpha value is 0.360. The largest absolute Gasteiger partial charge is 1.00 e. The number of nitrogens with one attached hydrogen (secondary N) is 2. The van der Waals surface area contributed by atoms with E-state index in [9.17, 15) is 0 Å². The number of quaternary nitrogens is 2. The fourth-order valence-electron chi connectivity index (χ4n) is 0. The lowest BCUT2D eigenvalue weighted by Gasteiger charge is -1.88. The topological polar surface area (TPSA) is 38.9 Å². The Morgan fingerprint density at radius 3 is 0.600 bits per heavy atom. The molecular formula is C6H21BrN2O. The maximum absolute atomic E-state index is 2.08. The van der Waals surface area contributed by atoms with Crippen LogP contribution in [0.3, 0.4) is 0 Å². The first-order chi connectivity index (χ1) is 3.46. The van der Waals surface area contributed by atoms with Crippen molar-refractivity contribution in [3.63, 3.8) is 0 Å². The van der Waals surface area contributed by atoms with E-state index in [2.05, 4.69) is 42.3 Å². The molecule has 0 spiro atoms.